The summed E-state index contributed by atoms with van der Waals surface area (Å²) in [5.74, 6) is -0.472. The highest BCUT2D eigenvalue weighted by molar-refractivity contribution is 5.93. The van der Waals surface area contributed by atoms with Crippen molar-refractivity contribution in [1.29, 1.82) is 0 Å². The van der Waals surface area contributed by atoms with Crippen molar-refractivity contribution in [1.82, 2.24) is 9.97 Å². The lowest BCUT2D eigenvalue weighted by Gasteiger charge is -2.21. The number of hydrogen-bond acceptors (Lipinski definition) is 3. The van der Waals surface area contributed by atoms with E-state index in [1.54, 1.807) is 6.07 Å². The minimum Gasteiger partial charge on any atom is -0.447 e. The van der Waals surface area contributed by atoms with Gasteiger partial charge in [-0.05, 0) is 11.6 Å². The molecule has 0 bridgehead atoms. The Morgan fingerprint density at radius 1 is 1.27 bits per heavy atom. The third kappa shape index (κ3) is 1.92. The molecule has 1 unspecified atom stereocenters. The maximum absolute atomic E-state index is 14.1. The number of aromatic nitrogens is 2. The molecule has 5 nitrogen and oxygen atoms in total. The second-order valence-electron chi connectivity index (χ2n) is 5.10. The van der Waals surface area contributed by atoms with E-state index in [1.165, 1.54) is 17.3 Å². The number of anilines is 1. The Morgan fingerprint density at radius 3 is 2.91 bits per heavy atom. The van der Waals surface area contributed by atoms with E-state index in [4.69, 9.17) is 4.74 Å². The number of halogens is 1. The lowest BCUT2D eigenvalue weighted by Crippen LogP contribution is -2.27. The Kier molecular flexibility index (Phi) is 2.82. The molecule has 1 atom stereocenters. The number of carbonyl (C=O) groups excluding carboxylic acids is 1. The van der Waals surface area contributed by atoms with Crippen molar-refractivity contribution < 1.29 is 13.9 Å². The summed E-state index contributed by atoms with van der Waals surface area (Å²) in [5, 5.41) is 0. The molecule has 1 amide bonds. The zero-order chi connectivity index (χ0) is 15.1. The first-order valence-corrected chi connectivity index (χ1v) is 6.87. The molecule has 1 N–H and O–H groups in total. The fraction of sp³-hybridized carbons (Fsp3) is 0.125. The van der Waals surface area contributed by atoms with Gasteiger partial charge < -0.3 is 9.72 Å². The molecule has 1 saturated heterocycles. The van der Waals surface area contributed by atoms with Gasteiger partial charge in [0.2, 0.25) is 0 Å². The summed E-state index contributed by atoms with van der Waals surface area (Å²) in [4.78, 5) is 20.4. The van der Waals surface area contributed by atoms with Crippen molar-refractivity contribution in [3.8, 4) is 0 Å². The summed E-state index contributed by atoms with van der Waals surface area (Å²) in [6.07, 6.45) is 0.946. The number of aromatic amines is 1. The SMILES string of the molecule is O=C1OCC(c2ccccc2)N1c1cc(F)c2nc[nH]c2c1. The molecule has 0 saturated carbocycles. The van der Waals surface area contributed by atoms with Crippen molar-refractivity contribution >= 4 is 22.8 Å². The highest BCUT2D eigenvalue weighted by Gasteiger charge is 2.35. The molecule has 22 heavy (non-hydrogen) atoms. The van der Waals surface area contributed by atoms with E-state index in [0.29, 0.717) is 11.2 Å². The number of hydrogen-bond donors (Lipinski definition) is 1. The summed E-state index contributed by atoms with van der Waals surface area (Å²) in [5.41, 5.74) is 2.19. The van der Waals surface area contributed by atoms with Crippen molar-refractivity contribution in [3.05, 3.63) is 60.2 Å². The van der Waals surface area contributed by atoms with Gasteiger partial charge in [0.15, 0.2) is 5.82 Å². The maximum atomic E-state index is 14.1. The molecule has 3 aromatic rings. The minimum absolute atomic E-state index is 0.242. The van der Waals surface area contributed by atoms with Gasteiger partial charge >= 0.3 is 6.09 Å². The fourth-order valence-electron chi connectivity index (χ4n) is 2.76. The predicted molar refractivity (Wildman–Crippen MR) is 79.1 cm³/mol. The highest BCUT2D eigenvalue weighted by atomic mass is 19.1. The average molecular weight is 297 g/mol. The van der Waals surface area contributed by atoms with E-state index in [1.807, 2.05) is 30.3 Å². The van der Waals surface area contributed by atoms with Crippen molar-refractivity contribution in [2.24, 2.45) is 0 Å². The van der Waals surface area contributed by atoms with Crippen LogP contribution in [-0.4, -0.2) is 22.7 Å². The summed E-state index contributed by atoms with van der Waals surface area (Å²) in [6.45, 7) is 0.242. The van der Waals surface area contributed by atoms with Crippen LogP contribution in [0.1, 0.15) is 11.6 Å². The molecule has 2 aromatic carbocycles. The third-order valence-corrected chi connectivity index (χ3v) is 3.80. The van der Waals surface area contributed by atoms with Crippen LogP contribution < -0.4 is 4.90 Å². The van der Waals surface area contributed by atoms with E-state index in [2.05, 4.69) is 9.97 Å². The summed E-state index contributed by atoms with van der Waals surface area (Å²) < 4.78 is 19.3. The van der Waals surface area contributed by atoms with Crippen LogP contribution in [0.2, 0.25) is 0 Å². The van der Waals surface area contributed by atoms with Gasteiger partial charge in [0, 0.05) is 6.07 Å². The normalized spacial score (nSPS) is 18.0. The molecular formula is C16H12FN3O2. The first-order valence-electron chi connectivity index (χ1n) is 6.87. The molecule has 1 aliphatic rings. The van der Waals surface area contributed by atoms with E-state index in [-0.39, 0.29) is 18.2 Å². The summed E-state index contributed by atoms with van der Waals surface area (Å²) in [6, 6.07) is 12.3. The molecule has 110 valence electrons. The molecule has 1 aromatic heterocycles. The molecule has 1 aliphatic heterocycles. The Hall–Kier alpha value is -2.89. The van der Waals surface area contributed by atoms with Gasteiger partial charge in [-0.3, -0.25) is 4.90 Å². The van der Waals surface area contributed by atoms with Crippen LogP contribution >= 0.6 is 0 Å². The van der Waals surface area contributed by atoms with Crippen LogP contribution in [0.3, 0.4) is 0 Å². The Bertz CT molecular complexity index is 847. The Balaban J connectivity index is 1.82. The van der Waals surface area contributed by atoms with Gasteiger partial charge in [0.25, 0.3) is 0 Å². The molecule has 0 aliphatic carbocycles. The number of rotatable bonds is 2. The van der Waals surface area contributed by atoms with Crippen LogP contribution in [0.4, 0.5) is 14.9 Å². The maximum Gasteiger partial charge on any atom is 0.415 e. The Morgan fingerprint density at radius 2 is 2.09 bits per heavy atom. The van der Waals surface area contributed by atoms with Gasteiger partial charge in [0.1, 0.15) is 12.1 Å². The fourth-order valence-corrected chi connectivity index (χ4v) is 2.76. The highest BCUT2D eigenvalue weighted by Crippen LogP contribution is 2.34. The van der Waals surface area contributed by atoms with Crippen LogP contribution in [0.15, 0.2) is 48.8 Å². The van der Waals surface area contributed by atoms with Crippen LogP contribution in [-0.2, 0) is 4.74 Å². The van der Waals surface area contributed by atoms with Gasteiger partial charge in [0.05, 0.1) is 23.6 Å². The second-order valence-corrected chi connectivity index (χ2v) is 5.10. The van der Waals surface area contributed by atoms with Crippen LogP contribution in [0.5, 0.6) is 0 Å². The number of imidazole rings is 1. The summed E-state index contributed by atoms with van der Waals surface area (Å²) >= 11 is 0. The number of cyclic esters (lactones) is 1. The zero-order valence-corrected chi connectivity index (χ0v) is 11.5. The molecular weight excluding hydrogens is 285 g/mol. The molecule has 1 fully saturated rings. The average Bonchev–Trinajstić information content (AvgIpc) is 3.14. The number of H-pyrrole nitrogens is 1. The monoisotopic (exact) mass is 297 g/mol. The summed E-state index contributed by atoms with van der Waals surface area (Å²) in [7, 11) is 0. The number of nitrogens with zero attached hydrogens (tertiary/aromatic N) is 2. The number of ether oxygens (including phenoxy) is 1. The first-order chi connectivity index (χ1) is 10.7. The molecule has 4 rings (SSSR count). The second kappa shape index (κ2) is 4.84. The van der Waals surface area contributed by atoms with Gasteiger partial charge in [-0.25, -0.2) is 14.2 Å². The van der Waals surface area contributed by atoms with Crippen LogP contribution in [0.25, 0.3) is 11.0 Å². The number of carbonyl (C=O) groups is 1. The lowest BCUT2D eigenvalue weighted by atomic mass is 10.1. The molecule has 6 heteroatoms. The number of nitrogens with one attached hydrogen (secondary N) is 1. The number of benzene rings is 2. The zero-order valence-electron chi connectivity index (χ0n) is 11.5. The molecule has 2 heterocycles. The third-order valence-electron chi connectivity index (χ3n) is 3.80. The van der Waals surface area contributed by atoms with E-state index < -0.39 is 11.9 Å². The quantitative estimate of drug-likeness (QED) is 0.788. The lowest BCUT2D eigenvalue weighted by molar-refractivity contribution is 0.179. The first kappa shape index (κ1) is 12.8. The van der Waals surface area contributed by atoms with E-state index in [9.17, 15) is 9.18 Å². The number of amides is 1. The van der Waals surface area contributed by atoms with Gasteiger partial charge in [-0.1, -0.05) is 30.3 Å². The smallest absolute Gasteiger partial charge is 0.415 e. The standard InChI is InChI=1S/C16H12FN3O2/c17-12-6-11(7-13-15(12)19-9-18-13)20-14(8-22-16(20)21)10-4-2-1-3-5-10/h1-7,9,14H,8H2,(H,18,19). The van der Waals surface area contributed by atoms with Crippen LogP contribution in [0, 0.1) is 5.82 Å². The molecule has 0 spiro atoms. The van der Waals surface area contributed by atoms with E-state index >= 15 is 0 Å². The van der Waals surface area contributed by atoms with Crippen molar-refractivity contribution in [2.75, 3.05) is 11.5 Å². The van der Waals surface area contributed by atoms with Gasteiger partial charge in [-0.15, -0.1) is 0 Å². The topological polar surface area (TPSA) is 58.2 Å². The van der Waals surface area contributed by atoms with Crippen molar-refractivity contribution in [2.45, 2.75) is 6.04 Å². The molecule has 0 radical (unpaired) electrons. The van der Waals surface area contributed by atoms with E-state index in [0.717, 1.165) is 5.56 Å². The minimum atomic E-state index is -0.480. The van der Waals surface area contributed by atoms with Crippen molar-refractivity contribution in [3.63, 3.8) is 0 Å². The Labute approximate surface area is 125 Å². The van der Waals surface area contributed by atoms with Gasteiger partial charge in [-0.2, -0.15) is 0 Å². The number of fused-ring (bicyclic) bond motifs is 1. The largest absolute Gasteiger partial charge is 0.447 e. The predicted octanol–water partition coefficient (Wildman–Crippen LogP) is 3.40.